The van der Waals surface area contributed by atoms with Gasteiger partial charge in [0.2, 0.25) is 0 Å². The van der Waals surface area contributed by atoms with Crippen LogP contribution in [0.3, 0.4) is 0 Å². The first-order valence-corrected chi connectivity index (χ1v) is 4.54. The molecular formula is C4H9O5P. The average molecular weight is 168 g/mol. The third-order valence-corrected chi connectivity index (χ3v) is 2.30. The molecule has 0 saturated heterocycles. The van der Waals surface area contributed by atoms with Crippen LogP contribution in [0.5, 0.6) is 0 Å². The Balaban J connectivity index is 2.41. The molecule has 1 aliphatic rings. The molecule has 1 aliphatic carbocycles. The highest BCUT2D eigenvalue weighted by molar-refractivity contribution is 7.53. The minimum Gasteiger partial charge on any atom is -0.359 e. The van der Waals surface area contributed by atoms with Crippen LogP contribution in [0.2, 0.25) is 0 Å². The number of rotatable bonds is 3. The first kappa shape index (κ1) is 8.17. The van der Waals surface area contributed by atoms with Crippen molar-refractivity contribution in [3.63, 3.8) is 0 Å². The van der Waals surface area contributed by atoms with Crippen molar-refractivity contribution in [2.45, 2.75) is 25.0 Å². The molecule has 1 rings (SSSR count). The number of aliphatic hydroxyl groups is 2. The molecule has 0 aromatic carbocycles. The van der Waals surface area contributed by atoms with Crippen molar-refractivity contribution < 1.29 is 24.2 Å². The van der Waals surface area contributed by atoms with E-state index in [4.69, 9.17) is 15.1 Å². The van der Waals surface area contributed by atoms with Crippen LogP contribution >= 0.6 is 7.60 Å². The average Bonchev–Trinajstić information content (AvgIpc) is 2.48. The van der Waals surface area contributed by atoms with Gasteiger partial charge < -0.3 is 19.6 Å². The maximum Gasteiger partial charge on any atom is 0.383 e. The zero-order valence-corrected chi connectivity index (χ0v) is 6.07. The summed E-state index contributed by atoms with van der Waals surface area (Å²) in [5.41, 5.74) is 0. The fraction of sp³-hybridized carbons (Fsp3) is 1.00. The lowest BCUT2D eigenvalue weighted by Crippen LogP contribution is -2.08. The zero-order valence-electron chi connectivity index (χ0n) is 5.17. The third-order valence-electron chi connectivity index (χ3n) is 1.12. The molecule has 0 spiro atoms. The normalized spacial score (nSPS) is 24.8. The Hall–Kier alpha value is 0.0700. The van der Waals surface area contributed by atoms with E-state index < -0.39 is 13.6 Å². The Bertz CT molecular complexity index is 163. The molecule has 60 valence electrons. The second-order valence-electron chi connectivity index (χ2n) is 2.22. The molecule has 6 heteroatoms. The van der Waals surface area contributed by atoms with E-state index in [0.717, 1.165) is 12.8 Å². The summed E-state index contributed by atoms with van der Waals surface area (Å²) < 4.78 is 15.0. The molecule has 0 bridgehead atoms. The van der Waals surface area contributed by atoms with Crippen molar-refractivity contribution in [1.29, 1.82) is 0 Å². The Morgan fingerprint density at radius 1 is 1.50 bits per heavy atom. The van der Waals surface area contributed by atoms with E-state index in [1.165, 1.54) is 0 Å². The lowest BCUT2D eigenvalue weighted by Gasteiger charge is -2.11. The quantitative estimate of drug-likeness (QED) is 0.395. The van der Waals surface area contributed by atoms with Gasteiger partial charge in [-0.15, -0.1) is 0 Å². The number of aliphatic hydroxyl groups excluding tert-OH is 1. The highest BCUT2D eigenvalue weighted by Crippen LogP contribution is 2.50. The highest BCUT2D eigenvalue weighted by Gasteiger charge is 2.36. The van der Waals surface area contributed by atoms with Crippen LogP contribution in [-0.2, 0) is 9.09 Å². The smallest absolute Gasteiger partial charge is 0.359 e. The van der Waals surface area contributed by atoms with Crippen molar-refractivity contribution >= 4 is 7.60 Å². The fourth-order valence-corrected chi connectivity index (χ4v) is 1.19. The Kier molecular flexibility index (Phi) is 2.12. The Labute approximate surface area is 57.8 Å². The van der Waals surface area contributed by atoms with Crippen molar-refractivity contribution in [3.05, 3.63) is 0 Å². The summed E-state index contributed by atoms with van der Waals surface area (Å²) in [4.78, 5) is 8.64. The summed E-state index contributed by atoms with van der Waals surface area (Å²) in [6.07, 6.45) is 1.19. The van der Waals surface area contributed by atoms with E-state index in [9.17, 15) is 4.57 Å². The van der Waals surface area contributed by atoms with Gasteiger partial charge in [-0.25, -0.2) is 0 Å². The SMILES string of the molecule is O=P(O)(OC1CC1)C(O)O. The largest absolute Gasteiger partial charge is 0.383 e. The van der Waals surface area contributed by atoms with Crippen LogP contribution in [0.1, 0.15) is 12.8 Å². The molecule has 3 N–H and O–H groups in total. The Morgan fingerprint density at radius 3 is 2.30 bits per heavy atom. The predicted molar refractivity (Wildman–Crippen MR) is 32.2 cm³/mol. The molecular weight excluding hydrogens is 159 g/mol. The summed E-state index contributed by atoms with van der Waals surface area (Å²) in [5.74, 6) is 0. The summed E-state index contributed by atoms with van der Waals surface area (Å²) in [6, 6.07) is -2.27. The van der Waals surface area contributed by atoms with E-state index in [0.29, 0.717) is 0 Å². The molecule has 0 aliphatic heterocycles. The fourth-order valence-electron chi connectivity index (χ4n) is 0.441. The van der Waals surface area contributed by atoms with Gasteiger partial charge in [0.05, 0.1) is 6.10 Å². The van der Waals surface area contributed by atoms with Crippen LogP contribution in [0.15, 0.2) is 0 Å². The summed E-state index contributed by atoms with van der Waals surface area (Å²) in [5, 5.41) is 16.5. The first-order valence-electron chi connectivity index (χ1n) is 2.89. The van der Waals surface area contributed by atoms with Gasteiger partial charge in [-0.05, 0) is 12.8 Å². The van der Waals surface area contributed by atoms with Gasteiger partial charge in [-0.3, -0.25) is 4.57 Å². The van der Waals surface area contributed by atoms with Crippen LogP contribution in [0.4, 0.5) is 0 Å². The van der Waals surface area contributed by atoms with E-state index in [1.54, 1.807) is 0 Å². The second-order valence-corrected chi connectivity index (χ2v) is 4.02. The lowest BCUT2D eigenvalue weighted by molar-refractivity contribution is 0.00193. The molecule has 1 saturated carbocycles. The van der Waals surface area contributed by atoms with Gasteiger partial charge in [0.25, 0.3) is 6.03 Å². The molecule has 1 fully saturated rings. The topological polar surface area (TPSA) is 87.0 Å². The van der Waals surface area contributed by atoms with Crippen LogP contribution in [0.25, 0.3) is 0 Å². The van der Waals surface area contributed by atoms with Gasteiger partial charge in [0.15, 0.2) is 0 Å². The summed E-state index contributed by atoms with van der Waals surface area (Å²) in [6.45, 7) is 0. The summed E-state index contributed by atoms with van der Waals surface area (Å²) >= 11 is 0. The predicted octanol–water partition coefficient (Wildman–Crippen LogP) is -0.381. The van der Waals surface area contributed by atoms with Crippen molar-refractivity contribution in [2.75, 3.05) is 0 Å². The zero-order chi connectivity index (χ0) is 7.78. The van der Waals surface area contributed by atoms with Crippen LogP contribution < -0.4 is 0 Å². The van der Waals surface area contributed by atoms with Gasteiger partial charge in [0.1, 0.15) is 0 Å². The lowest BCUT2D eigenvalue weighted by atomic mass is 10.9. The minimum absolute atomic E-state index is 0.252. The van der Waals surface area contributed by atoms with Gasteiger partial charge in [-0.1, -0.05) is 0 Å². The summed E-state index contributed by atoms with van der Waals surface area (Å²) in [7, 11) is -4.15. The molecule has 1 atom stereocenters. The number of hydrogen-bond acceptors (Lipinski definition) is 4. The van der Waals surface area contributed by atoms with E-state index in [1.807, 2.05) is 0 Å². The molecule has 0 aromatic heterocycles. The number of hydrogen-bond donors (Lipinski definition) is 3. The molecule has 5 nitrogen and oxygen atoms in total. The maximum atomic E-state index is 10.6. The molecule has 0 heterocycles. The van der Waals surface area contributed by atoms with Crippen LogP contribution in [-0.4, -0.2) is 27.2 Å². The molecule has 0 aromatic rings. The van der Waals surface area contributed by atoms with Crippen LogP contribution in [0, 0.1) is 0 Å². The first-order chi connectivity index (χ1) is 4.52. The van der Waals surface area contributed by atoms with Crippen molar-refractivity contribution in [3.8, 4) is 0 Å². The van der Waals surface area contributed by atoms with Gasteiger partial charge in [0, 0.05) is 0 Å². The second kappa shape index (κ2) is 2.60. The monoisotopic (exact) mass is 168 g/mol. The van der Waals surface area contributed by atoms with Gasteiger partial charge >= 0.3 is 7.60 Å². The Morgan fingerprint density at radius 2 is 2.00 bits per heavy atom. The highest BCUT2D eigenvalue weighted by atomic mass is 31.2. The maximum absolute atomic E-state index is 10.6. The molecule has 0 radical (unpaired) electrons. The molecule has 0 amide bonds. The van der Waals surface area contributed by atoms with E-state index >= 15 is 0 Å². The molecule has 1 unspecified atom stereocenters. The van der Waals surface area contributed by atoms with Crippen molar-refractivity contribution in [2.24, 2.45) is 0 Å². The molecule has 10 heavy (non-hydrogen) atoms. The standard InChI is InChI=1S/C4H9O5P/c5-4(6)10(7,8)9-3-1-2-3/h3-6H,1-2H2,(H,7,8). The van der Waals surface area contributed by atoms with Gasteiger partial charge in [-0.2, -0.15) is 0 Å². The third kappa shape index (κ3) is 2.04. The van der Waals surface area contributed by atoms with Crippen molar-refractivity contribution in [1.82, 2.24) is 0 Å². The van der Waals surface area contributed by atoms with E-state index in [-0.39, 0.29) is 6.10 Å². The minimum atomic E-state index is -4.15. The van der Waals surface area contributed by atoms with E-state index in [2.05, 4.69) is 4.52 Å².